The summed E-state index contributed by atoms with van der Waals surface area (Å²) >= 11 is 0. The van der Waals surface area contributed by atoms with E-state index in [4.69, 9.17) is 9.47 Å². The smallest absolute Gasteiger partial charge is 0.135 e. The third-order valence-electron chi connectivity index (χ3n) is 3.60. The summed E-state index contributed by atoms with van der Waals surface area (Å²) in [5.41, 5.74) is -0.148. The lowest BCUT2D eigenvalue weighted by Crippen LogP contribution is -2.44. The first-order valence-electron chi connectivity index (χ1n) is 6.52. The van der Waals surface area contributed by atoms with Gasteiger partial charge in [-0.3, -0.25) is 5.32 Å². The Morgan fingerprint density at radius 2 is 2.00 bits per heavy atom. The van der Waals surface area contributed by atoms with Crippen LogP contribution in [0.2, 0.25) is 0 Å². The highest BCUT2D eigenvalue weighted by Gasteiger charge is 2.38. The Morgan fingerprint density at radius 1 is 1.41 bits per heavy atom. The molecule has 1 aliphatic heterocycles. The van der Waals surface area contributed by atoms with E-state index in [-0.39, 0.29) is 17.4 Å². The SMILES string of the molecule is C=CC(C)(CCOC(C)(C)CC)NC1OC1C. The predicted octanol–water partition coefficient (Wildman–Crippen LogP) is 2.86. The second kappa shape index (κ2) is 5.51. The monoisotopic (exact) mass is 241 g/mol. The standard InChI is InChI=1S/C14H27NO2/c1-7-13(4,5)16-10-9-14(6,8-2)15-12-11(3)17-12/h8,11-12,15H,2,7,9-10H2,1,3-6H3. The Hall–Kier alpha value is -0.380. The minimum atomic E-state index is -0.112. The molecule has 3 unspecified atom stereocenters. The average Bonchev–Trinajstić information content (AvgIpc) is 2.93. The second-order valence-corrected chi connectivity index (χ2v) is 5.74. The molecule has 3 nitrogen and oxygen atoms in total. The number of hydrogen-bond donors (Lipinski definition) is 1. The van der Waals surface area contributed by atoms with Gasteiger partial charge >= 0.3 is 0 Å². The second-order valence-electron chi connectivity index (χ2n) is 5.74. The number of epoxide rings is 1. The Kier molecular flexibility index (Phi) is 4.76. The molecule has 3 atom stereocenters. The van der Waals surface area contributed by atoms with Gasteiger partial charge in [-0.2, -0.15) is 0 Å². The summed E-state index contributed by atoms with van der Waals surface area (Å²) in [7, 11) is 0. The zero-order chi connectivity index (χ0) is 13.1. The number of nitrogens with one attached hydrogen (secondary N) is 1. The van der Waals surface area contributed by atoms with Crippen molar-refractivity contribution >= 4 is 0 Å². The van der Waals surface area contributed by atoms with Crippen LogP contribution in [-0.2, 0) is 9.47 Å². The van der Waals surface area contributed by atoms with Gasteiger partial charge in [-0.1, -0.05) is 13.0 Å². The highest BCUT2D eigenvalue weighted by atomic mass is 16.6. The van der Waals surface area contributed by atoms with Crippen LogP contribution in [-0.4, -0.2) is 30.1 Å². The van der Waals surface area contributed by atoms with E-state index in [0.29, 0.717) is 6.10 Å². The molecule has 0 aromatic carbocycles. The van der Waals surface area contributed by atoms with Gasteiger partial charge in [-0.25, -0.2) is 0 Å². The van der Waals surface area contributed by atoms with Crippen molar-refractivity contribution in [1.29, 1.82) is 0 Å². The summed E-state index contributed by atoms with van der Waals surface area (Å²) in [4.78, 5) is 0. The molecule has 1 aliphatic rings. The molecule has 1 rings (SSSR count). The van der Waals surface area contributed by atoms with Crippen molar-refractivity contribution in [3.8, 4) is 0 Å². The molecule has 0 aromatic heterocycles. The van der Waals surface area contributed by atoms with Gasteiger partial charge in [0.1, 0.15) is 6.23 Å². The lowest BCUT2D eigenvalue weighted by molar-refractivity contribution is -0.0266. The van der Waals surface area contributed by atoms with Gasteiger partial charge in [-0.05, 0) is 40.5 Å². The molecule has 3 heteroatoms. The number of ether oxygens (including phenoxy) is 2. The highest BCUT2D eigenvalue weighted by molar-refractivity contribution is 5.02. The molecule has 1 N–H and O–H groups in total. The molecule has 1 saturated heterocycles. The van der Waals surface area contributed by atoms with Gasteiger partial charge < -0.3 is 9.47 Å². The Bertz CT molecular complexity index is 265. The Morgan fingerprint density at radius 3 is 2.41 bits per heavy atom. The zero-order valence-electron chi connectivity index (χ0n) is 11.9. The molecular weight excluding hydrogens is 214 g/mol. The molecule has 0 spiro atoms. The third-order valence-corrected chi connectivity index (χ3v) is 3.60. The van der Waals surface area contributed by atoms with Crippen LogP contribution in [0, 0.1) is 0 Å². The van der Waals surface area contributed by atoms with Crippen molar-refractivity contribution in [1.82, 2.24) is 5.32 Å². The summed E-state index contributed by atoms with van der Waals surface area (Å²) in [6.07, 6.45) is 4.38. The van der Waals surface area contributed by atoms with Gasteiger partial charge in [0.15, 0.2) is 0 Å². The number of rotatable bonds is 8. The predicted molar refractivity (Wildman–Crippen MR) is 71.0 cm³/mol. The van der Waals surface area contributed by atoms with E-state index in [9.17, 15) is 0 Å². The summed E-state index contributed by atoms with van der Waals surface area (Å²) in [6.45, 7) is 15.2. The van der Waals surface area contributed by atoms with Crippen LogP contribution in [0.15, 0.2) is 12.7 Å². The molecule has 100 valence electrons. The van der Waals surface area contributed by atoms with Gasteiger partial charge in [0.25, 0.3) is 0 Å². The normalized spacial score (nSPS) is 27.6. The molecule has 0 amide bonds. The van der Waals surface area contributed by atoms with E-state index in [1.54, 1.807) is 0 Å². The Labute approximate surface area is 106 Å². The molecule has 17 heavy (non-hydrogen) atoms. The van der Waals surface area contributed by atoms with Gasteiger partial charge in [-0.15, -0.1) is 6.58 Å². The first-order chi connectivity index (χ1) is 7.82. The fourth-order valence-electron chi connectivity index (χ4n) is 1.54. The van der Waals surface area contributed by atoms with Crippen LogP contribution in [0.3, 0.4) is 0 Å². The molecule has 1 fully saturated rings. The average molecular weight is 241 g/mol. The molecule has 0 aliphatic carbocycles. The van der Waals surface area contributed by atoms with Crippen molar-refractivity contribution in [2.75, 3.05) is 6.61 Å². The topological polar surface area (TPSA) is 33.8 Å². The Balaban J connectivity index is 2.33. The van der Waals surface area contributed by atoms with E-state index >= 15 is 0 Å². The van der Waals surface area contributed by atoms with Gasteiger partial charge in [0.05, 0.1) is 11.7 Å². The van der Waals surface area contributed by atoms with Crippen molar-refractivity contribution in [2.45, 2.75) is 70.9 Å². The summed E-state index contributed by atoms with van der Waals surface area (Å²) in [5, 5.41) is 3.45. The highest BCUT2D eigenvalue weighted by Crippen LogP contribution is 2.24. The lowest BCUT2D eigenvalue weighted by Gasteiger charge is -2.30. The maximum atomic E-state index is 5.88. The largest absolute Gasteiger partial charge is 0.376 e. The summed E-state index contributed by atoms with van der Waals surface area (Å²) in [5.74, 6) is 0. The minimum Gasteiger partial charge on any atom is -0.376 e. The molecule has 1 heterocycles. The molecule has 0 aromatic rings. The number of hydrogen-bond acceptors (Lipinski definition) is 3. The fourth-order valence-corrected chi connectivity index (χ4v) is 1.54. The third kappa shape index (κ3) is 4.78. The van der Waals surface area contributed by atoms with E-state index in [1.165, 1.54) is 0 Å². The maximum Gasteiger partial charge on any atom is 0.135 e. The van der Waals surface area contributed by atoms with Crippen LogP contribution in [0.1, 0.15) is 47.5 Å². The van der Waals surface area contributed by atoms with Gasteiger partial charge in [0.2, 0.25) is 0 Å². The zero-order valence-corrected chi connectivity index (χ0v) is 11.9. The summed E-state index contributed by atoms with van der Waals surface area (Å²) in [6, 6.07) is 0. The first-order valence-corrected chi connectivity index (χ1v) is 6.52. The van der Waals surface area contributed by atoms with Crippen molar-refractivity contribution in [2.24, 2.45) is 0 Å². The van der Waals surface area contributed by atoms with E-state index in [2.05, 4.69) is 46.5 Å². The van der Waals surface area contributed by atoms with Gasteiger partial charge in [0, 0.05) is 12.1 Å². The molecular formula is C14H27NO2. The van der Waals surface area contributed by atoms with Crippen molar-refractivity contribution in [3.63, 3.8) is 0 Å². The van der Waals surface area contributed by atoms with Crippen LogP contribution in [0.5, 0.6) is 0 Å². The lowest BCUT2D eigenvalue weighted by atomic mass is 9.98. The van der Waals surface area contributed by atoms with E-state index in [1.807, 2.05) is 6.08 Å². The summed E-state index contributed by atoms with van der Waals surface area (Å²) < 4.78 is 11.3. The first kappa shape index (κ1) is 14.7. The van der Waals surface area contributed by atoms with E-state index in [0.717, 1.165) is 19.4 Å². The van der Waals surface area contributed by atoms with E-state index < -0.39 is 0 Å². The van der Waals surface area contributed by atoms with Crippen LogP contribution in [0.4, 0.5) is 0 Å². The van der Waals surface area contributed by atoms with Crippen molar-refractivity contribution in [3.05, 3.63) is 12.7 Å². The molecule has 0 bridgehead atoms. The van der Waals surface area contributed by atoms with Crippen LogP contribution >= 0.6 is 0 Å². The quantitative estimate of drug-likeness (QED) is 0.524. The van der Waals surface area contributed by atoms with Crippen molar-refractivity contribution < 1.29 is 9.47 Å². The molecule has 0 radical (unpaired) electrons. The molecule has 0 saturated carbocycles. The maximum absolute atomic E-state index is 5.88. The van der Waals surface area contributed by atoms with Crippen LogP contribution in [0.25, 0.3) is 0 Å². The van der Waals surface area contributed by atoms with Crippen LogP contribution < -0.4 is 5.32 Å². The fraction of sp³-hybridized carbons (Fsp3) is 0.857. The minimum absolute atomic E-state index is 0.0363.